The summed E-state index contributed by atoms with van der Waals surface area (Å²) in [7, 11) is 2.21. The Morgan fingerprint density at radius 2 is 2.18 bits per heavy atom. The van der Waals surface area contributed by atoms with Crippen LogP contribution in [0.4, 0.5) is 0 Å². The van der Waals surface area contributed by atoms with E-state index in [1.165, 1.54) is 29.4 Å². The fourth-order valence-electron chi connectivity index (χ4n) is 2.57. The van der Waals surface area contributed by atoms with Crippen LogP contribution < -0.4 is 5.32 Å². The summed E-state index contributed by atoms with van der Waals surface area (Å²) in [6.07, 6.45) is 2.59. The van der Waals surface area contributed by atoms with Crippen molar-refractivity contribution < 1.29 is 0 Å². The zero-order valence-electron chi connectivity index (χ0n) is 10.6. The van der Waals surface area contributed by atoms with Crippen LogP contribution in [-0.4, -0.2) is 31.1 Å². The molecule has 1 N–H and O–H groups in total. The molecule has 0 spiro atoms. The average molecular weight is 297 g/mol. The maximum absolute atomic E-state index is 3.73. The second kappa shape index (κ2) is 5.98. The van der Waals surface area contributed by atoms with E-state index >= 15 is 0 Å². The highest BCUT2D eigenvalue weighted by Crippen LogP contribution is 2.24. The molecule has 1 aromatic rings. The van der Waals surface area contributed by atoms with Crippen molar-refractivity contribution in [2.45, 2.75) is 31.8 Å². The van der Waals surface area contributed by atoms with E-state index in [0.717, 1.165) is 6.54 Å². The Balaban J connectivity index is 1.97. The van der Waals surface area contributed by atoms with Gasteiger partial charge in [0, 0.05) is 23.1 Å². The number of piperidine rings is 1. The summed E-state index contributed by atoms with van der Waals surface area (Å²) in [5.74, 6) is 0. The molecule has 1 saturated heterocycles. The number of halogens is 1. The van der Waals surface area contributed by atoms with Gasteiger partial charge in [-0.1, -0.05) is 34.1 Å². The van der Waals surface area contributed by atoms with Crippen molar-refractivity contribution in [1.29, 1.82) is 0 Å². The SMILES string of the molecule is C[C@@H](NC1CCCN(C)C1)c1ccccc1Br. The molecule has 94 valence electrons. The number of nitrogens with zero attached hydrogens (tertiary/aromatic N) is 1. The van der Waals surface area contributed by atoms with E-state index in [0.29, 0.717) is 12.1 Å². The maximum Gasteiger partial charge on any atom is 0.0306 e. The second-order valence-electron chi connectivity index (χ2n) is 5.01. The normalized spacial score (nSPS) is 23.6. The molecule has 1 heterocycles. The number of likely N-dealkylation sites (tertiary alicyclic amines) is 1. The molecule has 0 saturated carbocycles. The molecular weight excluding hydrogens is 276 g/mol. The Hall–Kier alpha value is -0.380. The van der Waals surface area contributed by atoms with Crippen molar-refractivity contribution in [2.75, 3.05) is 20.1 Å². The average Bonchev–Trinajstić information content (AvgIpc) is 2.29. The van der Waals surface area contributed by atoms with E-state index < -0.39 is 0 Å². The van der Waals surface area contributed by atoms with Crippen molar-refractivity contribution in [3.8, 4) is 0 Å². The van der Waals surface area contributed by atoms with Crippen molar-refractivity contribution in [2.24, 2.45) is 0 Å². The van der Waals surface area contributed by atoms with Gasteiger partial charge in [0.15, 0.2) is 0 Å². The number of nitrogens with one attached hydrogen (secondary N) is 1. The highest BCUT2D eigenvalue weighted by Gasteiger charge is 2.19. The Kier molecular flexibility index (Phi) is 4.60. The lowest BCUT2D eigenvalue weighted by Gasteiger charge is -2.32. The summed E-state index contributed by atoms with van der Waals surface area (Å²) in [4.78, 5) is 2.41. The van der Waals surface area contributed by atoms with E-state index in [9.17, 15) is 0 Å². The van der Waals surface area contributed by atoms with Gasteiger partial charge in [0.05, 0.1) is 0 Å². The predicted octanol–water partition coefficient (Wildman–Crippen LogP) is 3.19. The van der Waals surface area contributed by atoms with Gasteiger partial charge in [-0.3, -0.25) is 0 Å². The number of benzene rings is 1. The van der Waals surface area contributed by atoms with E-state index in [1.807, 2.05) is 0 Å². The van der Waals surface area contributed by atoms with Crippen LogP contribution in [0.25, 0.3) is 0 Å². The van der Waals surface area contributed by atoms with Crippen molar-refractivity contribution in [3.05, 3.63) is 34.3 Å². The molecule has 2 nitrogen and oxygen atoms in total. The van der Waals surface area contributed by atoms with E-state index in [2.05, 4.69) is 64.4 Å². The van der Waals surface area contributed by atoms with Crippen LogP contribution in [0.2, 0.25) is 0 Å². The highest BCUT2D eigenvalue weighted by molar-refractivity contribution is 9.10. The number of hydrogen-bond acceptors (Lipinski definition) is 2. The summed E-state index contributed by atoms with van der Waals surface area (Å²) in [6.45, 7) is 4.64. The molecule has 1 aliphatic rings. The highest BCUT2D eigenvalue weighted by atomic mass is 79.9. The first kappa shape index (κ1) is 13.1. The van der Waals surface area contributed by atoms with Gasteiger partial charge in [0.25, 0.3) is 0 Å². The Labute approximate surface area is 113 Å². The van der Waals surface area contributed by atoms with Crippen LogP contribution in [0, 0.1) is 0 Å². The van der Waals surface area contributed by atoms with Crippen molar-refractivity contribution >= 4 is 15.9 Å². The van der Waals surface area contributed by atoms with Gasteiger partial charge in [-0.25, -0.2) is 0 Å². The Bertz CT molecular complexity index is 367. The molecular formula is C14H21BrN2. The van der Waals surface area contributed by atoms with Crippen LogP contribution in [0.3, 0.4) is 0 Å². The molecule has 3 heteroatoms. The minimum absolute atomic E-state index is 0.405. The Morgan fingerprint density at radius 3 is 2.88 bits per heavy atom. The monoisotopic (exact) mass is 296 g/mol. The molecule has 2 rings (SSSR count). The fourth-order valence-corrected chi connectivity index (χ4v) is 3.20. The fraction of sp³-hybridized carbons (Fsp3) is 0.571. The third kappa shape index (κ3) is 3.54. The van der Waals surface area contributed by atoms with Crippen molar-refractivity contribution in [1.82, 2.24) is 10.2 Å². The number of likely N-dealkylation sites (N-methyl/N-ethyl adjacent to an activating group) is 1. The standard InChI is InChI=1S/C14H21BrN2/c1-11(13-7-3-4-8-14(13)15)16-12-6-5-9-17(2)10-12/h3-4,7-8,11-12,16H,5-6,9-10H2,1-2H3/t11-,12?/m1/s1. The summed E-state index contributed by atoms with van der Waals surface area (Å²) < 4.78 is 1.20. The lowest BCUT2D eigenvalue weighted by Crippen LogP contribution is -2.44. The lowest BCUT2D eigenvalue weighted by atomic mass is 10.0. The summed E-state index contributed by atoms with van der Waals surface area (Å²) >= 11 is 3.62. The summed E-state index contributed by atoms with van der Waals surface area (Å²) in [5, 5.41) is 3.73. The van der Waals surface area contributed by atoms with Gasteiger partial charge in [-0.2, -0.15) is 0 Å². The van der Waals surface area contributed by atoms with E-state index in [-0.39, 0.29) is 0 Å². The molecule has 0 bridgehead atoms. The van der Waals surface area contributed by atoms with Gasteiger partial charge in [-0.05, 0) is 45.0 Å². The van der Waals surface area contributed by atoms with Crippen LogP contribution in [-0.2, 0) is 0 Å². The Morgan fingerprint density at radius 1 is 1.41 bits per heavy atom. The molecule has 1 unspecified atom stereocenters. The first-order valence-corrected chi connectivity index (χ1v) is 7.15. The lowest BCUT2D eigenvalue weighted by molar-refractivity contribution is 0.218. The predicted molar refractivity (Wildman–Crippen MR) is 76.2 cm³/mol. The third-order valence-electron chi connectivity index (χ3n) is 3.48. The first-order chi connectivity index (χ1) is 8.16. The van der Waals surface area contributed by atoms with Crippen LogP contribution in [0.15, 0.2) is 28.7 Å². The van der Waals surface area contributed by atoms with Gasteiger partial charge in [-0.15, -0.1) is 0 Å². The molecule has 2 atom stereocenters. The summed E-state index contributed by atoms with van der Waals surface area (Å²) in [5.41, 5.74) is 1.35. The van der Waals surface area contributed by atoms with Crippen LogP contribution in [0.5, 0.6) is 0 Å². The minimum atomic E-state index is 0.405. The van der Waals surface area contributed by atoms with E-state index in [1.54, 1.807) is 0 Å². The maximum atomic E-state index is 3.73. The quantitative estimate of drug-likeness (QED) is 0.921. The zero-order valence-corrected chi connectivity index (χ0v) is 12.2. The largest absolute Gasteiger partial charge is 0.306 e. The smallest absolute Gasteiger partial charge is 0.0306 e. The molecule has 17 heavy (non-hydrogen) atoms. The summed E-state index contributed by atoms with van der Waals surface area (Å²) in [6, 6.07) is 9.49. The van der Waals surface area contributed by atoms with Crippen LogP contribution >= 0.6 is 15.9 Å². The zero-order chi connectivity index (χ0) is 12.3. The van der Waals surface area contributed by atoms with Gasteiger partial charge in [0.1, 0.15) is 0 Å². The van der Waals surface area contributed by atoms with Gasteiger partial charge >= 0.3 is 0 Å². The number of hydrogen-bond donors (Lipinski definition) is 1. The molecule has 1 fully saturated rings. The number of rotatable bonds is 3. The minimum Gasteiger partial charge on any atom is -0.306 e. The molecule has 1 aromatic carbocycles. The van der Waals surface area contributed by atoms with Crippen molar-refractivity contribution in [3.63, 3.8) is 0 Å². The molecule has 0 radical (unpaired) electrons. The molecule has 0 amide bonds. The molecule has 0 aliphatic carbocycles. The van der Waals surface area contributed by atoms with E-state index in [4.69, 9.17) is 0 Å². The van der Waals surface area contributed by atoms with Gasteiger partial charge in [0.2, 0.25) is 0 Å². The second-order valence-corrected chi connectivity index (χ2v) is 5.87. The third-order valence-corrected chi connectivity index (χ3v) is 4.20. The molecule has 0 aromatic heterocycles. The van der Waals surface area contributed by atoms with Gasteiger partial charge < -0.3 is 10.2 Å². The first-order valence-electron chi connectivity index (χ1n) is 6.36. The van der Waals surface area contributed by atoms with Crippen LogP contribution in [0.1, 0.15) is 31.4 Å². The topological polar surface area (TPSA) is 15.3 Å². The molecule has 1 aliphatic heterocycles.